The van der Waals surface area contributed by atoms with E-state index < -0.39 is 0 Å². The molecule has 1 nitrogen and oxygen atoms in total. The number of rotatable bonds is 1. The van der Waals surface area contributed by atoms with Gasteiger partial charge < -0.3 is 0 Å². The summed E-state index contributed by atoms with van der Waals surface area (Å²) in [5.74, 6) is 0. The summed E-state index contributed by atoms with van der Waals surface area (Å²) in [6.45, 7) is 2.11. The van der Waals surface area contributed by atoms with Crippen molar-refractivity contribution in [3.8, 4) is 11.3 Å². The molecule has 88 valence electrons. The van der Waals surface area contributed by atoms with Crippen LogP contribution in [-0.2, 0) is 0 Å². The average Bonchev–Trinajstić information content (AvgIpc) is 2.41. The fourth-order valence-electron chi connectivity index (χ4n) is 2.21. The topological polar surface area (TPSA) is 12.9 Å². The second-order valence-electron chi connectivity index (χ2n) is 4.33. The Hall–Kier alpha value is -1.86. The van der Waals surface area contributed by atoms with E-state index in [2.05, 4.69) is 30.1 Å². The molecule has 0 saturated carbocycles. The standard InChI is InChI=1S/C16H12ClN/c1-11-15-5-3-2-4-13(15)10-18-16(11)12-6-8-14(17)9-7-12/h2-10H,1H3. The Morgan fingerprint density at radius 2 is 1.67 bits per heavy atom. The number of hydrogen-bond donors (Lipinski definition) is 0. The molecule has 3 rings (SSSR count). The Labute approximate surface area is 111 Å². The van der Waals surface area contributed by atoms with Gasteiger partial charge in [0.05, 0.1) is 5.69 Å². The van der Waals surface area contributed by atoms with E-state index in [1.807, 2.05) is 36.5 Å². The summed E-state index contributed by atoms with van der Waals surface area (Å²) in [5.41, 5.74) is 3.32. The van der Waals surface area contributed by atoms with Crippen molar-refractivity contribution in [3.05, 3.63) is 65.3 Å². The molecular weight excluding hydrogens is 242 g/mol. The maximum Gasteiger partial charge on any atom is 0.0737 e. The van der Waals surface area contributed by atoms with Crippen LogP contribution in [0.2, 0.25) is 5.02 Å². The Kier molecular flexibility index (Phi) is 2.77. The summed E-state index contributed by atoms with van der Waals surface area (Å²) < 4.78 is 0. The maximum absolute atomic E-state index is 5.91. The second-order valence-corrected chi connectivity index (χ2v) is 4.76. The third-order valence-electron chi connectivity index (χ3n) is 3.17. The van der Waals surface area contributed by atoms with Gasteiger partial charge in [0.1, 0.15) is 0 Å². The minimum Gasteiger partial charge on any atom is -0.255 e. The van der Waals surface area contributed by atoms with Crippen LogP contribution in [0.5, 0.6) is 0 Å². The number of benzene rings is 2. The van der Waals surface area contributed by atoms with E-state index in [9.17, 15) is 0 Å². The lowest BCUT2D eigenvalue weighted by Gasteiger charge is -2.08. The van der Waals surface area contributed by atoms with E-state index in [0.29, 0.717) is 0 Å². The van der Waals surface area contributed by atoms with E-state index in [-0.39, 0.29) is 0 Å². The van der Waals surface area contributed by atoms with Crippen molar-refractivity contribution in [3.63, 3.8) is 0 Å². The zero-order valence-corrected chi connectivity index (χ0v) is 10.8. The van der Waals surface area contributed by atoms with Gasteiger partial charge in [-0.1, -0.05) is 48.0 Å². The Morgan fingerprint density at radius 3 is 2.44 bits per heavy atom. The number of pyridine rings is 1. The minimum absolute atomic E-state index is 0.747. The summed E-state index contributed by atoms with van der Waals surface area (Å²) in [7, 11) is 0. The molecule has 0 aliphatic rings. The first-order valence-electron chi connectivity index (χ1n) is 5.86. The predicted octanol–water partition coefficient (Wildman–Crippen LogP) is 4.86. The molecule has 0 aliphatic heterocycles. The first-order chi connectivity index (χ1) is 8.75. The molecule has 0 aliphatic carbocycles. The maximum atomic E-state index is 5.91. The molecule has 0 radical (unpaired) electrons. The molecule has 0 fully saturated rings. The van der Waals surface area contributed by atoms with E-state index in [1.165, 1.54) is 16.3 Å². The zero-order valence-electron chi connectivity index (χ0n) is 10.0. The van der Waals surface area contributed by atoms with E-state index in [4.69, 9.17) is 11.6 Å². The molecule has 1 heterocycles. The van der Waals surface area contributed by atoms with Crippen LogP contribution in [0.25, 0.3) is 22.0 Å². The van der Waals surface area contributed by atoms with Crippen molar-refractivity contribution in [2.24, 2.45) is 0 Å². The highest BCUT2D eigenvalue weighted by Gasteiger charge is 2.06. The van der Waals surface area contributed by atoms with Gasteiger partial charge >= 0.3 is 0 Å². The number of halogens is 1. The van der Waals surface area contributed by atoms with Crippen molar-refractivity contribution in [1.82, 2.24) is 4.98 Å². The van der Waals surface area contributed by atoms with Crippen LogP contribution >= 0.6 is 11.6 Å². The molecule has 2 heteroatoms. The summed E-state index contributed by atoms with van der Waals surface area (Å²) in [6, 6.07) is 16.1. The minimum atomic E-state index is 0.747. The molecule has 0 bridgehead atoms. The number of aryl methyl sites for hydroxylation is 1. The van der Waals surface area contributed by atoms with Gasteiger partial charge in [0.2, 0.25) is 0 Å². The van der Waals surface area contributed by atoms with E-state index >= 15 is 0 Å². The lowest BCUT2D eigenvalue weighted by Crippen LogP contribution is -1.89. The van der Waals surface area contributed by atoms with Gasteiger partial charge in [-0.25, -0.2) is 0 Å². The molecule has 18 heavy (non-hydrogen) atoms. The van der Waals surface area contributed by atoms with Crippen molar-refractivity contribution < 1.29 is 0 Å². The van der Waals surface area contributed by atoms with Crippen LogP contribution in [-0.4, -0.2) is 4.98 Å². The lowest BCUT2D eigenvalue weighted by atomic mass is 10.0. The number of nitrogens with zero attached hydrogens (tertiary/aromatic N) is 1. The second kappa shape index (κ2) is 4.43. The molecule has 0 atom stereocenters. The van der Waals surface area contributed by atoms with Crippen molar-refractivity contribution in [2.75, 3.05) is 0 Å². The van der Waals surface area contributed by atoms with Gasteiger partial charge in [0.15, 0.2) is 0 Å². The molecule has 2 aromatic carbocycles. The molecule has 0 spiro atoms. The normalized spacial score (nSPS) is 10.8. The lowest BCUT2D eigenvalue weighted by molar-refractivity contribution is 1.31. The highest BCUT2D eigenvalue weighted by atomic mass is 35.5. The highest BCUT2D eigenvalue weighted by molar-refractivity contribution is 6.30. The Bertz CT molecular complexity index is 702. The monoisotopic (exact) mass is 253 g/mol. The first-order valence-corrected chi connectivity index (χ1v) is 6.24. The van der Waals surface area contributed by atoms with E-state index in [0.717, 1.165) is 16.3 Å². The first kappa shape index (κ1) is 11.2. The largest absolute Gasteiger partial charge is 0.255 e. The van der Waals surface area contributed by atoms with Crippen molar-refractivity contribution >= 4 is 22.4 Å². The summed E-state index contributed by atoms with van der Waals surface area (Å²) in [5, 5.41) is 3.17. The molecule has 0 unspecified atom stereocenters. The molecule has 1 aromatic heterocycles. The Morgan fingerprint density at radius 1 is 0.944 bits per heavy atom. The van der Waals surface area contributed by atoms with Gasteiger partial charge in [-0.2, -0.15) is 0 Å². The zero-order chi connectivity index (χ0) is 12.5. The fraction of sp³-hybridized carbons (Fsp3) is 0.0625. The van der Waals surface area contributed by atoms with Crippen LogP contribution < -0.4 is 0 Å². The van der Waals surface area contributed by atoms with Gasteiger partial charge in [-0.3, -0.25) is 4.98 Å². The summed E-state index contributed by atoms with van der Waals surface area (Å²) >= 11 is 5.91. The fourth-order valence-corrected chi connectivity index (χ4v) is 2.33. The van der Waals surface area contributed by atoms with Gasteiger partial charge in [0, 0.05) is 22.2 Å². The van der Waals surface area contributed by atoms with Crippen LogP contribution in [0.15, 0.2) is 54.7 Å². The highest BCUT2D eigenvalue weighted by Crippen LogP contribution is 2.27. The predicted molar refractivity (Wildman–Crippen MR) is 76.9 cm³/mol. The van der Waals surface area contributed by atoms with Crippen LogP contribution in [0.3, 0.4) is 0 Å². The third kappa shape index (κ3) is 1.87. The van der Waals surface area contributed by atoms with E-state index in [1.54, 1.807) is 0 Å². The number of fused-ring (bicyclic) bond motifs is 1. The summed E-state index contributed by atoms with van der Waals surface area (Å²) in [6.07, 6.45) is 1.92. The SMILES string of the molecule is Cc1c(-c2ccc(Cl)cc2)ncc2ccccc12. The van der Waals surface area contributed by atoms with Crippen molar-refractivity contribution in [2.45, 2.75) is 6.92 Å². The van der Waals surface area contributed by atoms with Gasteiger partial charge in [-0.15, -0.1) is 0 Å². The third-order valence-corrected chi connectivity index (χ3v) is 3.42. The van der Waals surface area contributed by atoms with Crippen LogP contribution in [0.1, 0.15) is 5.56 Å². The van der Waals surface area contributed by atoms with Gasteiger partial charge in [0.25, 0.3) is 0 Å². The van der Waals surface area contributed by atoms with Crippen LogP contribution in [0.4, 0.5) is 0 Å². The quantitative estimate of drug-likeness (QED) is 0.603. The number of aromatic nitrogens is 1. The number of hydrogen-bond acceptors (Lipinski definition) is 1. The molecule has 0 saturated heterocycles. The van der Waals surface area contributed by atoms with Gasteiger partial charge in [-0.05, 0) is 30.0 Å². The molecular formula is C16H12ClN. The molecule has 3 aromatic rings. The van der Waals surface area contributed by atoms with Crippen LogP contribution in [0, 0.1) is 6.92 Å². The smallest absolute Gasteiger partial charge is 0.0737 e. The molecule has 0 N–H and O–H groups in total. The Balaban J connectivity index is 2.24. The molecule has 0 amide bonds. The summed E-state index contributed by atoms with van der Waals surface area (Å²) in [4.78, 5) is 4.56. The van der Waals surface area contributed by atoms with Crippen molar-refractivity contribution in [1.29, 1.82) is 0 Å². The average molecular weight is 254 g/mol.